The zero-order chi connectivity index (χ0) is 21.6. The topological polar surface area (TPSA) is 161 Å². The molecule has 8 nitrogen and oxygen atoms in total. The fraction of sp³-hybridized carbons (Fsp3) is 0.238. The van der Waals surface area contributed by atoms with Crippen LogP contribution in [0.15, 0.2) is 48.5 Å². The quantitative estimate of drug-likeness (QED) is 0.341. The third-order valence-corrected chi connectivity index (χ3v) is 4.47. The molecule has 0 spiro atoms. The minimum Gasteiger partial charge on any atom is -0.480 e. The van der Waals surface area contributed by atoms with Gasteiger partial charge >= 0.3 is 11.9 Å². The molecule has 0 fully saturated rings. The third-order valence-electron chi connectivity index (χ3n) is 4.47. The molecule has 0 heterocycles. The maximum Gasteiger partial charge on any atom is 0.320 e. The molecule has 0 radical (unpaired) electrons. The van der Waals surface area contributed by atoms with Gasteiger partial charge in [0.1, 0.15) is 12.1 Å². The van der Waals surface area contributed by atoms with E-state index < -0.39 is 42.0 Å². The summed E-state index contributed by atoms with van der Waals surface area (Å²) >= 11 is 0. The van der Waals surface area contributed by atoms with Crippen molar-refractivity contribution in [3.63, 3.8) is 0 Å². The van der Waals surface area contributed by atoms with Crippen molar-refractivity contribution in [2.45, 2.75) is 31.3 Å². The molecule has 0 aliphatic heterocycles. The van der Waals surface area contributed by atoms with Crippen molar-refractivity contribution in [1.82, 2.24) is 0 Å². The van der Waals surface area contributed by atoms with Crippen molar-refractivity contribution in [3.05, 3.63) is 70.8 Å². The third kappa shape index (κ3) is 5.81. The van der Waals surface area contributed by atoms with Gasteiger partial charge < -0.3 is 21.7 Å². The van der Waals surface area contributed by atoms with Crippen LogP contribution < -0.4 is 11.5 Å². The average molecular weight is 398 g/mol. The highest BCUT2D eigenvalue weighted by Gasteiger charge is 2.22. The highest BCUT2D eigenvalue weighted by atomic mass is 16.4. The summed E-state index contributed by atoms with van der Waals surface area (Å²) in [4.78, 5) is 47.4. The Balaban J connectivity index is 2.22. The van der Waals surface area contributed by atoms with E-state index in [4.69, 9.17) is 21.7 Å². The van der Waals surface area contributed by atoms with Crippen molar-refractivity contribution in [1.29, 1.82) is 0 Å². The highest BCUT2D eigenvalue weighted by Crippen LogP contribution is 2.18. The van der Waals surface area contributed by atoms with Crippen molar-refractivity contribution in [2.75, 3.05) is 0 Å². The average Bonchev–Trinajstić information content (AvgIpc) is 2.68. The number of nitrogens with two attached hydrogens (primary N) is 2. The number of rotatable bonds is 10. The standard InChI is InChI=1S/C21H22N2O6/c22-16(20(26)27)9-12-5-1-3-7-14(12)18(24)11-19(25)15-8-4-2-6-13(15)10-17(23)21(28)29/h1-8,16-17H,9-11,22-23H2,(H,26,27)(H,28,29). The summed E-state index contributed by atoms with van der Waals surface area (Å²) in [5.74, 6) is -3.32. The maximum absolute atomic E-state index is 12.7. The first-order valence-corrected chi connectivity index (χ1v) is 8.89. The lowest BCUT2D eigenvalue weighted by Crippen LogP contribution is -2.33. The molecule has 2 rings (SSSR count). The summed E-state index contributed by atoms with van der Waals surface area (Å²) in [6, 6.07) is 10.4. The van der Waals surface area contributed by atoms with E-state index in [9.17, 15) is 19.2 Å². The van der Waals surface area contributed by atoms with E-state index in [-0.39, 0.29) is 24.0 Å². The molecule has 2 aromatic rings. The van der Waals surface area contributed by atoms with Crippen molar-refractivity contribution in [2.24, 2.45) is 11.5 Å². The predicted molar refractivity (Wildman–Crippen MR) is 105 cm³/mol. The molecule has 29 heavy (non-hydrogen) atoms. The molecular formula is C21H22N2O6. The Morgan fingerprint density at radius 3 is 1.38 bits per heavy atom. The normalized spacial score (nSPS) is 12.8. The van der Waals surface area contributed by atoms with E-state index in [1.54, 1.807) is 36.4 Å². The number of benzene rings is 2. The Bertz CT molecular complexity index is 865. The number of carboxylic acid groups (broad SMARTS) is 2. The molecule has 8 heteroatoms. The first-order valence-electron chi connectivity index (χ1n) is 8.89. The lowest BCUT2D eigenvalue weighted by Gasteiger charge is -2.13. The lowest BCUT2D eigenvalue weighted by molar-refractivity contribution is -0.139. The Morgan fingerprint density at radius 2 is 1.03 bits per heavy atom. The van der Waals surface area contributed by atoms with Gasteiger partial charge in [-0.2, -0.15) is 0 Å². The number of carbonyl (C=O) groups excluding carboxylic acids is 2. The first kappa shape index (κ1) is 21.9. The van der Waals surface area contributed by atoms with E-state index in [1.165, 1.54) is 12.1 Å². The molecule has 6 N–H and O–H groups in total. The van der Waals surface area contributed by atoms with Gasteiger partial charge in [-0.25, -0.2) is 0 Å². The fourth-order valence-electron chi connectivity index (χ4n) is 2.93. The monoisotopic (exact) mass is 398 g/mol. The van der Waals surface area contributed by atoms with Crippen molar-refractivity contribution in [3.8, 4) is 0 Å². The van der Waals surface area contributed by atoms with Gasteiger partial charge in [0.15, 0.2) is 11.6 Å². The number of ketones is 2. The minimum absolute atomic E-state index is 0.0461. The van der Waals surface area contributed by atoms with Gasteiger partial charge in [0.05, 0.1) is 6.42 Å². The first-order chi connectivity index (χ1) is 13.7. The van der Waals surface area contributed by atoms with Crippen LogP contribution in [0.5, 0.6) is 0 Å². The van der Waals surface area contributed by atoms with Gasteiger partial charge in [-0.3, -0.25) is 19.2 Å². The van der Waals surface area contributed by atoms with Crippen LogP contribution in [-0.2, 0) is 22.4 Å². The van der Waals surface area contributed by atoms with Crippen LogP contribution in [0.25, 0.3) is 0 Å². The molecule has 2 unspecified atom stereocenters. The van der Waals surface area contributed by atoms with Gasteiger partial charge in [0.25, 0.3) is 0 Å². The van der Waals surface area contributed by atoms with E-state index in [0.29, 0.717) is 11.1 Å². The largest absolute Gasteiger partial charge is 0.480 e. The zero-order valence-electron chi connectivity index (χ0n) is 15.6. The Labute approximate surface area is 167 Å². The number of carbonyl (C=O) groups is 4. The molecule has 0 aliphatic carbocycles. The fourth-order valence-corrected chi connectivity index (χ4v) is 2.93. The predicted octanol–water partition coefficient (Wildman–Crippen LogP) is 1.05. The van der Waals surface area contributed by atoms with E-state index in [1.807, 2.05) is 0 Å². The minimum atomic E-state index is -1.19. The van der Waals surface area contributed by atoms with Gasteiger partial charge in [-0.15, -0.1) is 0 Å². The molecule has 152 valence electrons. The summed E-state index contributed by atoms with van der Waals surface area (Å²) in [5, 5.41) is 18.0. The van der Waals surface area contributed by atoms with Gasteiger partial charge in [0.2, 0.25) is 0 Å². The van der Waals surface area contributed by atoms with Gasteiger partial charge in [0, 0.05) is 11.1 Å². The summed E-state index contributed by atoms with van der Waals surface area (Å²) in [5.41, 5.74) is 12.5. The number of carboxylic acids is 2. The molecule has 0 bridgehead atoms. The second-order valence-corrected chi connectivity index (χ2v) is 6.64. The molecule has 2 aromatic carbocycles. The van der Waals surface area contributed by atoms with Gasteiger partial charge in [-0.05, 0) is 24.0 Å². The zero-order valence-corrected chi connectivity index (χ0v) is 15.6. The van der Waals surface area contributed by atoms with Crippen molar-refractivity contribution >= 4 is 23.5 Å². The Kier molecular flexibility index (Phi) is 7.35. The van der Waals surface area contributed by atoms with Crippen LogP contribution in [0, 0.1) is 0 Å². The molecule has 0 aliphatic rings. The molecule has 0 amide bonds. The molecule has 0 saturated heterocycles. The van der Waals surface area contributed by atoms with Crippen LogP contribution in [-0.4, -0.2) is 45.8 Å². The summed E-state index contributed by atoms with van der Waals surface area (Å²) < 4.78 is 0. The maximum atomic E-state index is 12.7. The summed E-state index contributed by atoms with van der Waals surface area (Å²) in [6.07, 6.45) is -0.538. The molecule has 2 atom stereocenters. The van der Waals surface area contributed by atoms with Crippen LogP contribution in [0.1, 0.15) is 38.3 Å². The number of aliphatic carboxylic acids is 2. The highest BCUT2D eigenvalue weighted by molar-refractivity contribution is 6.14. The Hall–Kier alpha value is -3.36. The van der Waals surface area contributed by atoms with E-state index in [2.05, 4.69) is 0 Å². The second-order valence-electron chi connectivity index (χ2n) is 6.64. The van der Waals surface area contributed by atoms with Crippen molar-refractivity contribution < 1.29 is 29.4 Å². The van der Waals surface area contributed by atoms with Crippen LogP contribution in [0.4, 0.5) is 0 Å². The number of Topliss-reactive ketones (excluding diaryl/α,β-unsaturated/α-hetero) is 2. The summed E-state index contributed by atoms with van der Waals surface area (Å²) in [7, 11) is 0. The van der Waals surface area contributed by atoms with Crippen LogP contribution in [0.2, 0.25) is 0 Å². The summed E-state index contributed by atoms with van der Waals surface area (Å²) in [6.45, 7) is 0. The number of hydrogen-bond acceptors (Lipinski definition) is 6. The van der Waals surface area contributed by atoms with Crippen LogP contribution in [0.3, 0.4) is 0 Å². The number of hydrogen-bond donors (Lipinski definition) is 4. The Morgan fingerprint density at radius 1 is 0.690 bits per heavy atom. The van der Waals surface area contributed by atoms with E-state index >= 15 is 0 Å². The lowest BCUT2D eigenvalue weighted by atomic mass is 9.92. The van der Waals surface area contributed by atoms with E-state index in [0.717, 1.165) is 0 Å². The molecule has 0 aromatic heterocycles. The van der Waals surface area contributed by atoms with Crippen LogP contribution >= 0.6 is 0 Å². The smallest absolute Gasteiger partial charge is 0.320 e. The molecule has 0 saturated carbocycles. The SMILES string of the molecule is NC(Cc1ccccc1C(=O)CC(=O)c1ccccc1CC(N)C(=O)O)C(=O)O. The van der Waals surface area contributed by atoms with Gasteiger partial charge in [-0.1, -0.05) is 48.5 Å². The second kappa shape index (κ2) is 9.72. The molecular weight excluding hydrogens is 376 g/mol.